The fourth-order valence-electron chi connectivity index (χ4n) is 7.03. The highest BCUT2D eigenvalue weighted by atomic mass is 16.2. The van der Waals surface area contributed by atoms with Crippen LogP contribution in [0.3, 0.4) is 0 Å². The van der Waals surface area contributed by atoms with Crippen LogP contribution in [0.15, 0.2) is 30.3 Å². The molecular formula is C22H30N2O. The average Bonchev–Trinajstić information content (AvgIpc) is 2.90. The van der Waals surface area contributed by atoms with Crippen molar-refractivity contribution in [2.45, 2.75) is 50.4 Å². The van der Waals surface area contributed by atoms with Gasteiger partial charge in [-0.05, 0) is 74.3 Å². The molecular weight excluding hydrogens is 308 g/mol. The quantitative estimate of drug-likeness (QED) is 0.897. The molecule has 0 radical (unpaired) electrons. The minimum Gasteiger partial charge on any atom is -0.341 e. The largest absolute Gasteiger partial charge is 0.341 e. The molecule has 2 atom stereocenters. The Kier molecular flexibility index (Phi) is 3.70. The molecule has 1 aromatic carbocycles. The van der Waals surface area contributed by atoms with Gasteiger partial charge in [-0.3, -0.25) is 4.79 Å². The van der Waals surface area contributed by atoms with Crippen LogP contribution >= 0.6 is 0 Å². The van der Waals surface area contributed by atoms with Crippen molar-refractivity contribution in [2.75, 3.05) is 26.2 Å². The number of benzene rings is 1. The maximum absolute atomic E-state index is 13.7. The number of hydrogen-bond donors (Lipinski definition) is 1. The molecule has 1 aromatic rings. The lowest BCUT2D eigenvalue weighted by atomic mass is 9.42. The lowest BCUT2D eigenvalue weighted by Gasteiger charge is -2.62. The van der Waals surface area contributed by atoms with E-state index in [4.69, 9.17) is 0 Å². The molecule has 0 spiro atoms. The SMILES string of the molecule is O=C(N1CCCNCC1)C12CC3CC(C1)CC(c1ccccc1)(C3)C2. The summed E-state index contributed by atoms with van der Waals surface area (Å²) >= 11 is 0. The summed E-state index contributed by atoms with van der Waals surface area (Å²) in [7, 11) is 0. The number of carbonyl (C=O) groups is 1. The van der Waals surface area contributed by atoms with Crippen molar-refractivity contribution in [1.29, 1.82) is 0 Å². The highest BCUT2D eigenvalue weighted by Gasteiger charge is 2.61. The van der Waals surface area contributed by atoms with Crippen LogP contribution in [0.5, 0.6) is 0 Å². The van der Waals surface area contributed by atoms with Gasteiger partial charge < -0.3 is 10.2 Å². The molecule has 1 N–H and O–H groups in total. The van der Waals surface area contributed by atoms with Crippen LogP contribution in [0.25, 0.3) is 0 Å². The molecule has 4 bridgehead atoms. The van der Waals surface area contributed by atoms with E-state index in [-0.39, 0.29) is 10.8 Å². The Bertz CT molecular complexity index is 633. The van der Waals surface area contributed by atoms with Crippen molar-refractivity contribution in [1.82, 2.24) is 10.2 Å². The molecule has 3 heteroatoms. The third kappa shape index (κ3) is 2.54. The van der Waals surface area contributed by atoms with E-state index in [9.17, 15) is 4.79 Å². The van der Waals surface area contributed by atoms with Gasteiger partial charge in [0.2, 0.25) is 5.91 Å². The van der Waals surface area contributed by atoms with E-state index in [2.05, 4.69) is 40.5 Å². The number of amides is 1. The van der Waals surface area contributed by atoms with E-state index in [1.54, 1.807) is 0 Å². The van der Waals surface area contributed by atoms with Gasteiger partial charge in [0, 0.05) is 19.6 Å². The summed E-state index contributed by atoms with van der Waals surface area (Å²) in [4.78, 5) is 15.9. The van der Waals surface area contributed by atoms with Crippen LogP contribution in [0.2, 0.25) is 0 Å². The number of nitrogens with zero attached hydrogens (tertiary/aromatic N) is 1. The van der Waals surface area contributed by atoms with Crippen LogP contribution in [-0.2, 0) is 10.2 Å². The Hall–Kier alpha value is -1.35. The molecule has 25 heavy (non-hydrogen) atoms. The van der Waals surface area contributed by atoms with Crippen molar-refractivity contribution in [3.05, 3.63) is 35.9 Å². The molecule has 5 aliphatic rings. The van der Waals surface area contributed by atoms with Crippen molar-refractivity contribution in [3.63, 3.8) is 0 Å². The summed E-state index contributed by atoms with van der Waals surface area (Å²) in [5.41, 5.74) is 1.70. The minimum atomic E-state index is -0.0652. The fourth-order valence-corrected chi connectivity index (χ4v) is 7.03. The van der Waals surface area contributed by atoms with Gasteiger partial charge in [-0.2, -0.15) is 0 Å². The topological polar surface area (TPSA) is 32.3 Å². The summed E-state index contributed by atoms with van der Waals surface area (Å²) in [5, 5.41) is 3.45. The van der Waals surface area contributed by atoms with Gasteiger partial charge in [0.05, 0.1) is 5.41 Å². The van der Waals surface area contributed by atoms with Gasteiger partial charge in [-0.25, -0.2) is 0 Å². The predicted octanol–water partition coefficient (Wildman–Crippen LogP) is 3.35. The number of carbonyl (C=O) groups excluding carboxylic acids is 1. The van der Waals surface area contributed by atoms with Crippen molar-refractivity contribution in [3.8, 4) is 0 Å². The van der Waals surface area contributed by atoms with Gasteiger partial charge in [-0.15, -0.1) is 0 Å². The van der Waals surface area contributed by atoms with E-state index in [0.717, 1.165) is 63.7 Å². The Morgan fingerprint density at radius 1 is 1.00 bits per heavy atom. The van der Waals surface area contributed by atoms with Gasteiger partial charge in [0.1, 0.15) is 0 Å². The number of hydrogen-bond acceptors (Lipinski definition) is 2. The van der Waals surface area contributed by atoms with Gasteiger partial charge in [0.15, 0.2) is 0 Å². The van der Waals surface area contributed by atoms with E-state index in [1.165, 1.54) is 24.8 Å². The predicted molar refractivity (Wildman–Crippen MR) is 99.3 cm³/mol. The molecule has 2 unspecified atom stereocenters. The maximum Gasteiger partial charge on any atom is 0.228 e. The lowest BCUT2D eigenvalue weighted by Crippen LogP contribution is -2.59. The molecule has 0 aromatic heterocycles. The summed E-state index contributed by atoms with van der Waals surface area (Å²) in [6, 6.07) is 11.1. The van der Waals surface area contributed by atoms with Gasteiger partial charge in [0.25, 0.3) is 0 Å². The Morgan fingerprint density at radius 3 is 2.52 bits per heavy atom. The second-order valence-corrected chi connectivity index (χ2v) is 9.28. The molecule has 6 rings (SSSR count). The van der Waals surface area contributed by atoms with Gasteiger partial charge in [-0.1, -0.05) is 30.3 Å². The first-order valence-corrected chi connectivity index (χ1v) is 10.2. The summed E-state index contributed by atoms with van der Waals surface area (Å²) in [6.45, 7) is 3.85. The standard InChI is InChI=1S/C22H30N2O/c25-20(24-9-4-7-23-8-10-24)22-14-17-11-18(15-22)13-21(12-17,16-22)19-5-2-1-3-6-19/h1-3,5-6,17-18,23H,4,7-16H2. The summed E-state index contributed by atoms with van der Waals surface area (Å²) in [6.07, 6.45) is 8.49. The molecule has 5 fully saturated rings. The van der Waals surface area contributed by atoms with E-state index >= 15 is 0 Å². The van der Waals surface area contributed by atoms with E-state index in [1.807, 2.05) is 0 Å². The Balaban J connectivity index is 1.48. The molecule has 1 amide bonds. The van der Waals surface area contributed by atoms with E-state index in [0.29, 0.717) is 5.91 Å². The molecule has 1 aliphatic heterocycles. The summed E-state index contributed by atoms with van der Waals surface area (Å²) in [5.74, 6) is 2.01. The van der Waals surface area contributed by atoms with Crippen molar-refractivity contribution in [2.24, 2.45) is 17.3 Å². The highest BCUT2D eigenvalue weighted by molar-refractivity contribution is 5.83. The zero-order chi connectivity index (χ0) is 16.9. The number of nitrogens with one attached hydrogen (secondary N) is 1. The Morgan fingerprint density at radius 2 is 1.76 bits per heavy atom. The van der Waals surface area contributed by atoms with E-state index < -0.39 is 0 Å². The Labute approximate surface area is 151 Å². The third-order valence-electron chi connectivity index (χ3n) is 7.53. The first-order valence-electron chi connectivity index (χ1n) is 10.2. The first-order chi connectivity index (χ1) is 12.2. The number of rotatable bonds is 2. The average molecular weight is 338 g/mol. The van der Waals surface area contributed by atoms with Crippen LogP contribution in [0, 0.1) is 17.3 Å². The monoisotopic (exact) mass is 338 g/mol. The molecule has 1 heterocycles. The van der Waals surface area contributed by atoms with Crippen molar-refractivity contribution < 1.29 is 4.79 Å². The summed E-state index contributed by atoms with van der Waals surface area (Å²) < 4.78 is 0. The highest BCUT2D eigenvalue weighted by Crippen LogP contribution is 2.66. The second kappa shape index (κ2) is 5.84. The van der Waals surface area contributed by atoms with Crippen LogP contribution < -0.4 is 5.32 Å². The lowest BCUT2D eigenvalue weighted by molar-refractivity contribution is -0.160. The van der Waals surface area contributed by atoms with Gasteiger partial charge >= 0.3 is 0 Å². The smallest absolute Gasteiger partial charge is 0.228 e. The van der Waals surface area contributed by atoms with Crippen molar-refractivity contribution >= 4 is 5.91 Å². The van der Waals surface area contributed by atoms with Crippen LogP contribution in [0.4, 0.5) is 0 Å². The molecule has 134 valence electrons. The zero-order valence-corrected chi connectivity index (χ0v) is 15.2. The maximum atomic E-state index is 13.7. The van der Waals surface area contributed by atoms with Crippen LogP contribution in [-0.4, -0.2) is 37.0 Å². The zero-order valence-electron chi connectivity index (χ0n) is 15.2. The van der Waals surface area contributed by atoms with Crippen LogP contribution in [0.1, 0.15) is 50.5 Å². The third-order valence-corrected chi connectivity index (χ3v) is 7.53. The molecule has 3 nitrogen and oxygen atoms in total. The normalized spacial score (nSPS) is 40.1. The molecule has 1 saturated heterocycles. The minimum absolute atomic E-state index is 0.0652. The molecule has 4 aliphatic carbocycles. The molecule has 4 saturated carbocycles. The first kappa shape index (κ1) is 15.9. The fraction of sp³-hybridized carbons (Fsp3) is 0.682. The second-order valence-electron chi connectivity index (χ2n) is 9.28.